The van der Waals surface area contributed by atoms with E-state index in [1.54, 1.807) is 19.1 Å². The van der Waals surface area contributed by atoms with Crippen molar-refractivity contribution in [3.05, 3.63) is 45.3 Å². The zero-order valence-corrected chi connectivity index (χ0v) is 16.8. The van der Waals surface area contributed by atoms with E-state index in [1.807, 2.05) is 19.9 Å². The molecule has 0 saturated heterocycles. The van der Waals surface area contributed by atoms with E-state index >= 15 is 0 Å². The molecule has 0 unspecified atom stereocenters. The van der Waals surface area contributed by atoms with E-state index in [0.717, 1.165) is 10.0 Å². The Hall–Kier alpha value is -2.68. The second kappa shape index (κ2) is 9.31. The van der Waals surface area contributed by atoms with Gasteiger partial charge < -0.3 is 19.9 Å². The molecule has 1 aromatic heterocycles. The fourth-order valence-electron chi connectivity index (χ4n) is 2.32. The van der Waals surface area contributed by atoms with Crippen molar-refractivity contribution >= 4 is 39.4 Å². The van der Waals surface area contributed by atoms with Gasteiger partial charge in [0.1, 0.15) is 11.3 Å². The molecule has 9 heteroatoms. The Labute approximate surface area is 164 Å². The summed E-state index contributed by atoms with van der Waals surface area (Å²) in [5, 5.41) is 8.86. The van der Waals surface area contributed by atoms with E-state index in [0.29, 0.717) is 23.6 Å². The van der Waals surface area contributed by atoms with Gasteiger partial charge in [-0.25, -0.2) is 4.79 Å². The van der Waals surface area contributed by atoms with Crippen molar-refractivity contribution in [2.75, 3.05) is 18.5 Å². The van der Waals surface area contributed by atoms with Gasteiger partial charge in [-0.3, -0.25) is 9.59 Å². The molecule has 0 aliphatic rings. The molecule has 0 bridgehead atoms. The van der Waals surface area contributed by atoms with Gasteiger partial charge in [-0.2, -0.15) is 0 Å². The van der Waals surface area contributed by atoms with Crippen LogP contribution in [0.1, 0.15) is 34.3 Å². The summed E-state index contributed by atoms with van der Waals surface area (Å²) in [5.41, 5.74) is 2.24. The van der Waals surface area contributed by atoms with Gasteiger partial charge in [0.05, 0.1) is 12.2 Å². The van der Waals surface area contributed by atoms with Crippen LogP contribution in [0.3, 0.4) is 0 Å². The molecule has 0 spiro atoms. The van der Waals surface area contributed by atoms with Gasteiger partial charge in [-0.15, -0.1) is 0 Å². The maximum atomic E-state index is 12.1. The lowest BCUT2D eigenvalue weighted by Gasteiger charge is -2.10. The largest absolute Gasteiger partial charge is 0.452 e. The summed E-state index contributed by atoms with van der Waals surface area (Å²) in [4.78, 5) is 35.8. The zero-order chi connectivity index (χ0) is 20.0. The van der Waals surface area contributed by atoms with Crippen molar-refractivity contribution in [1.82, 2.24) is 10.5 Å². The number of hydrogen-bond acceptors (Lipinski definition) is 6. The summed E-state index contributed by atoms with van der Waals surface area (Å²) >= 11 is 3.35. The van der Waals surface area contributed by atoms with Crippen LogP contribution >= 0.6 is 15.9 Å². The summed E-state index contributed by atoms with van der Waals surface area (Å²) < 4.78 is 10.8. The molecule has 0 fully saturated rings. The van der Waals surface area contributed by atoms with Gasteiger partial charge in [0, 0.05) is 10.2 Å². The van der Waals surface area contributed by atoms with Crippen LogP contribution < -0.4 is 10.6 Å². The van der Waals surface area contributed by atoms with E-state index in [1.165, 1.54) is 0 Å². The van der Waals surface area contributed by atoms with Crippen molar-refractivity contribution in [3.8, 4) is 0 Å². The lowest BCUT2D eigenvalue weighted by molar-refractivity contribution is -0.126. The highest BCUT2D eigenvalue weighted by molar-refractivity contribution is 9.10. The van der Waals surface area contributed by atoms with E-state index in [2.05, 4.69) is 31.7 Å². The zero-order valence-electron chi connectivity index (χ0n) is 15.2. The molecular weight excluding hydrogens is 418 g/mol. The predicted molar refractivity (Wildman–Crippen MR) is 101 cm³/mol. The average molecular weight is 438 g/mol. The number of carbonyl (C=O) groups excluding carboxylic acids is 3. The minimum atomic E-state index is -0.685. The van der Waals surface area contributed by atoms with Crippen LogP contribution in [0.2, 0.25) is 0 Å². The minimum absolute atomic E-state index is 0.230. The van der Waals surface area contributed by atoms with Crippen LogP contribution in [-0.4, -0.2) is 36.1 Å². The molecule has 0 atom stereocenters. The van der Waals surface area contributed by atoms with Gasteiger partial charge in [0.15, 0.2) is 6.61 Å². The molecule has 144 valence electrons. The molecule has 2 N–H and O–H groups in total. The van der Waals surface area contributed by atoms with Crippen molar-refractivity contribution in [2.24, 2.45) is 0 Å². The second-order valence-electron chi connectivity index (χ2n) is 5.77. The van der Waals surface area contributed by atoms with Crippen molar-refractivity contribution in [1.29, 1.82) is 0 Å². The van der Waals surface area contributed by atoms with Crippen LogP contribution in [-0.2, 0) is 20.7 Å². The van der Waals surface area contributed by atoms with Crippen LogP contribution in [0.4, 0.5) is 5.69 Å². The first-order valence-electron chi connectivity index (χ1n) is 8.26. The Morgan fingerprint density at radius 1 is 1.22 bits per heavy atom. The fourth-order valence-corrected chi connectivity index (χ4v) is 2.79. The van der Waals surface area contributed by atoms with Crippen LogP contribution in [0.25, 0.3) is 0 Å². The van der Waals surface area contributed by atoms with Crippen molar-refractivity contribution < 1.29 is 23.6 Å². The fraction of sp³-hybridized carbons (Fsp3) is 0.333. The monoisotopic (exact) mass is 437 g/mol. The van der Waals surface area contributed by atoms with Crippen molar-refractivity contribution in [2.45, 2.75) is 27.2 Å². The summed E-state index contributed by atoms with van der Waals surface area (Å²) in [6.07, 6.45) is 0.504. The van der Waals surface area contributed by atoms with Gasteiger partial charge in [0.2, 0.25) is 5.91 Å². The molecule has 0 aliphatic carbocycles. The SMILES string of the molecule is CCc1noc(C)c1C(=O)OCC(=O)NCC(=O)Nc1ccc(Br)cc1C. The Balaban J connectivity index is 1.79. The number of nitrogens with zero attached hydrogens (tertiary/aromatic N) is 1. The molecule has 1 heterocycles. The lowest BCUT2D eigenvalue weighted by Crippen LogP contribution is -2.35. The smallest absolute Gasteiger partial charge is 0.344 e. The number of nitrogens with one attached hydrogen (secondary N) is 2. The maximum absolute atomic E-state index is 12.1. The molecular formula is C18H20BrN3O5. The first-order chi connectivity index (χ1) is 12.8. The van der Waals surface area contributed by atoms with Crippen molar-refractivity contribution in [3.63, 3.8) is 0 Å². The number of hydrogen-bond donors (Lipinski definition) is 2. The molecule has 0 saturated carbocycles. The lowest BCUT2D eigenvalue weighted by atomic mass is 10.1. The number of amides is 2. The molecule has 0 radical (unpaired) electrons. The number of benzene rings is 1. The predicted octanol–water partition coefficient (Wildman–Crippen LogP) is 2.53. The van der Waals surface area contributed by atoms with E-state index < -0.39 is 18.5 Å². The Bertz CT molecular complexity index is 863. The quantitative estimate of drug-likeness (QED) is 0.643. The van der Waals surface area contributed by atoms with E-state index in [9.17, 15) is 14.4 Å². The molecule has 1 aromatic carbocycles. The standard InChI is InChI=1S/C18H20BrN3O5/c1-4-13-17(11(3)27-22-13)18(25)26-9-16(24)20-8-15(23)21-14-6-5-12(19)7-10(14)2/h5-7H,4,8-9H2,1-3H3,(H,20,24)(H,21,23). The summed E-state index contributed by atoms with van der Waals surface area (Å²) in [7, 11) is 0. The molecule has 2 aromatic rings. The number of aryl methyl sites for hydroxylation is 3. The van der Waals surface area contributed by atoms with Crippen LogP contribution in [0.5, 0.6) is 0 Å². The number of carbonyl (C=O) groups is 3. The highest BCUT2D eigenvalue weighted by Crippen LogP contribution is 2.19. The Kier molecular flexibility index (Phi) is 7.12. The first-order valence-corrected chi connectivity index (χ1v) is 9.06. The Morgan fingerprint density at radius 2 is 1.96 bits per heavy atom. The van der Waals surface area contributed by atoms with Crippen LogP contribution in [0.15, 0.2) is 27.2 Å². The minimum Gasteiger partial charge on any atom is -0.452 e. The topological polar surface area (TPSA) is 111 Å². The highest BCUT2D eigenvalue weighted by Gasteiger charge is 2.21. The summed E-state index contributed by atoms with van der Waals surface area (Å²) in [6, 6.07) is 5.43. The first kappa shape index (κ1) is 20.6. The number of halogens is 1. The van der Waals surface area contributed by atoms with Gasteiger partial charge >= 0.3 is 5.97 Å². The molecule has 0 aliphatic heterocycles. The van der Waals surface area contributed by atoms with E-state index in [-0.39, 0.29) is 18.0 Å². The molecule has 2 amide bonds. The van der Waals surface area contributed by atoms with Crippen LogP contribution in [0, 0.1) is 13.8 Å². The Morgan fingerprint density at radius 3 is 2.63 bits per heavy atom. The molecule has 2 rings (SSSR count). The number of esters is 1. The summed E-state index contributed by atoms with van der Waals surface area (Å²) in [5.74, 6) is -1.32. The number of anilines is 1. The number of aromatic nitrogens is 1. The molecule has 8 nitrogen and oxygen atoms in total. The molecule has 27 heavy (non-hydrogen) atoms. The third-order valence-electron chi connectivity index (χ3n) is 3.72. The number of rotatable bonds is 7. The third-order valence-corrected chi connectivity index (χ3v) is 4.21. The average Bonchev–Trinajstić information content (AvgIpc) is 3.01. The summed E-state index contributed by atoms with van der Waals surface area (Å²) in [6.45, 7) is 4.54. The van der Waals surface area contributed by atoms with Gasteiger partial charge in [-0.1, -0.05) is 28.0 Å². The van der Waals surface area contributed by atoms with Gasteiger partial charge in [-0.05, 0) is 44.0 Å². The highest BCUT2D eigenvalue weighted by atomic mass is 79.9. The van der Waals surface area contributed by atoms with Gasteiger partial charge in [0.25, 0.3) is 5.91 Å². The normalized spacial score (nSPS) is 10.4. The second-order valence-corrected chi connectivity index (χ2v) is 6.69. The maximum Gasteiger partial charge on any atom is 0.344 e. The third kappa shape index (κ3) is 5.65. The van der Waals surface area contributed by atoms with E-state index in [4.69, 9.17) is 9.26 Å². The number of ether oxygens (including phenoxy) is 1.